The fourth-order valence-electron chi connectivity index (χ4n) is 3.11. The van der Waals surface area contributed by atoms with Crippen molar-refractivity contribution in [2.45, 2.75) is 64.0 Å². The molecule has 0 spiro atoms. The molecule has 2 aliphatic carbocycles. The van der Waals surface area contributed by atoms with E-state index < -0.39 is 0 Å². The number of carbonyl (C=O) groups excluding carboxylic acids is 1. The topological polar surface area (TPSA) is 55.1 Å². The lowest BCUT2D eigenvalue weighted by Crippen LogP contribution is -2.43. The largest absolute Gasteiger partial charge is 0.353 e. The van der Waals surface area contributed by atoms with Crippen LogP contribution in [0.3, 0.4) is 0 Å². The van der Waals surface area contributed by atoms with Crippen LogP contribution < -0.4 is 11.1 Å². The van der Waals surface area contributed by atoms with Crippen molar-refractivity contribution < 1.29 is 4.79 Å². The second-order valence-corrected chi connectivity index (χ2v) is 5.63. The number of amides is 1. The monoisotopic (exact) mass is 224 g/mol. The molecule has 3 N–H and O–H groups in total. The van der Waals surface area contributed by atoms with Crippen molar-refractivity contribution in [2.75, 3.05) is 0 Å². The van der Waals surface area contributed by atoms with Crippen LogP contribution in [0.25, 0.3) is 0 Å². The Balaban J connectivity index is 1.78. The fraction of sp³-hybridized carbons (Fsp3) is 0.923. The third-order valence-electron chi connectivity index (χ3n) is 4.32. The van der Waals surface area contributed by atoms with Gasteiger partial charge in [0.25, 0.3) is 0 Å². The summed E-state index contributed by atoms with van der Waals surface area (Å²) in [6, 6.07) is 0.749. The molecule has 2 unspecified atom stereocenters. The van der Waals surface area contributed by atoms with Gasteiger partial charge in [0.1, 0.15) is 0 Å². The maximum Gasteiger partial charge on any atom is 0.223 e. The first-order valence-corrected chi connectivity index (χ1v) is 6.72. The van der Waals surface area contributed by atoms with Crippen LogP contribution in [0.1, 0.15) is 51.9 Å². The molecule has 2 aliphatic rings. The molecule has 2 rings (SSSR count). The summed E-state index contributed by atoms with van der Waals surface area (Å²) >= 11 is 0. The highest BCUT2D eigenvalue weighted by atomic mass is 16.2. The molecule has 0 aromatic carbocycles. The predicted octanol–water partition coefficient (Wildman–Crippen LogP) is 1.81. The Morgan fingerprint density at radius 3 is 2.38 bits per heavy atom. The van der Waals surface area contributed by atoms with Crippen LogP contribution in [0, 0.1) is 11.8 Å². The first-order valence-electron chi connectivity index (χ1n) is 6.72. The summed E-state index contributed by atoms with van der Waals surface area (Å²) in [5.74, 6) is 1.15. The van der Waals surface area contributed by atoms with E-state index in [4.69, 9.17) is 5.73 Å². The van der Waals surface area contributed by atoms with Crippen LogP contribution in [0.15, 0.2) is 0 Å². The van der Waals surface area contributed by atoms with Crippen LogP contribution in [-0.4, -0.2) is 18.0 Å². The van der Waals surface area contributed by atoms with E-state index in [9.17, 15) is 4.79 Å². The first kappa shape index (κ1) is 11.9. The summed E-state index contributed by atoms with van der Waals surface area (Å²) in [6.45, 7) is 2.20. The Labute approximate surface area is 98.2 Å². The molecule has 1 amide bonds. The molecule has 0 saturated heterocycles. The molecule has 2 fully saturated rings. The quantitative estimate of drug-likeness (QED) is 0.751. The molecule has 2 saturated carbocycles. The summed E-state index contributed by atoms with van der Waals surface area (Å²) in [6.07, 6.45) is 7.76. The summed E-state index contributed by atoms with van der Waals surface area (Å²) in [5.41, 5.74) is 5.86. The summed E-state index contributed by atoms with van der Waals surface area (Å²) in [7, 11) is 0. The second-order valence-electron chi connectivity index (χ2n) is 5.63. The summed E-state index contributed by atoms with van der Waals surface area (Å²) in [4.78, 5) is 12.1. The molecule has 0 aliphatic heterocycles. The van der Waals surface area contributed by atoms with Gasteiger partial charge in [-0.15, -0.1) is 0 Å². The highest BCUT2D eigenvalue weighted by molar-refractivity contribution is 5.79. The van der Waals surface area contributed by atoms with Gasteiger partial charge in [0.2, 0.25) is 5.91 Å². The van der Waals surface area contributed by atoms with Gasteiger partial charge in [-0.05, 0) is 44.4 Å². The Bertz CT molecular complexity index is 246. The summed E-state index contributed by atoms with van der Waals surface area (Å²) in [5, 5.41) is 3.22. The zero-order chi connectivity index (χ0) is 11.5. The Morgan fingerprint density at radius 2 is 1.81 bits per heavy atom. The highest BCUT2D eigenvalue weighted by Crippen LogP contribution is 2.31. The molecule has 0 aromatic heterocycles. The van der Waals surface area contributed by atoms with Gasteiger partial charge < -0.3 is 11.1 Å². The van der Waals surface area contributed by atoms with Crippen LogP contribution in [-0.2, 0) is 4.79 Å². The lowest BCUT2D eigenvalue weighted by atomic mass is 9.90. The zero-order valence-corrected chi connectivity index (χ0v) is 10.2. The molecule has 2 atom stereocenters. The molecule has 3 nitrogen and oxygen atoms in total. The van der Waals surface area contributed by atoms with E-state index in [0.29, 0.717) is 23.9 Å². The zero-order valence-electron chi connectivity index (χ0n) is 10.2. The number of nitrogens with two attached hydrogens (primary N) is 1. The molecule has 0 radical (unpaired) electrons. The number of nitrogens with one attached hydrogen (secondary N) is 1. The molecule has 3 heteroatoms. The van der Waals surface area contributed by atoms with Gasteiger partial charge in [-0.25, -0.2) is 0 Å². The van der Waals surface area contributed by atoms with Crippen molar-refractivity contribution >= 4 is 5.91 Å². The molecular formula is C13H24N2O. The average Bonchev–Trinajstić information content (AvgIpc) is 2.68. The maximum atomic E-state index is 12.1. The van der Waals surface area contributed by atoms with E-state index in [1.54, 1.807) is 0 Å². The second kappa shape index (κ2) is 5.17. The van der Waals surface area contributed by atoms with E-state index in [2.05, 4.69) is 12.2 Å². The Kier molecular flexibility index (Phi) is 3.85. The number of hydrogen-bond donors (Lipinski definition) is 2. The maximum absolute atomic E-state index is 12.1. The fourth-order valence-corrected chi connectivity index (χ4v) is 3.11. The summed E-state index contributed by atoms with van der Waals surface area (Å²) < 4.78 is 0. The predicted molar refractivity (Wildman–Crippen MR) is 64.9 cm³/mol. The molecule has 92 valence electrons. The lowest BCUT2D eigenvalue weighted by Gasteiger charge is -2.28. The van der Waals surface area contributed by atoms with E-state index in [0.717, 1.165) is 32.1 Å². The minimum absolute atomic E-state index is 0.274. The van der Waals surface area contributed by atoms with Gasteiger partial charge in [-0.2, -0.15) is 0 Å². The molecule has 0 heterocycles. The Morgan fingerprint density at radius 1 is 1.12 bits per heavy atom. The molecule has 0 bridgehead atoms. The number of hydrogen-bond acceptors (Lipinski definition) is 2. The van der Waals surface area contributed by atoms with Crippen LogP contribution in [0.2, 0.25) is 0 Å². The van der Waals surface area contributed by atoms with Crippen LogP contribution >= 0.6 is 0 Å². The average molecular weight is 224 g/mol. The van der Waals surface area contributed by atoms with Gasteiger partial charge in [-0.1, -0.05) is 13.3 Å². The van der Waals surface area contributed by atoms with Crippen molar-refractivity contribution in [1.82, 2.24) is 5.32 Å². The van der Waals surface area contributed by atoms with Gasteiger partial charge in [0.15, 0.2) is 0 Å². The van der Waals surface area contributed by atoms with E-state index >= 15 is 0 Å². The molecule has 16 heavy (non-hydrogen) atoms. The van der Waals surface area contributed by atoms with Crippen molar-refractivity contribution in [3.05, 3.63) is 0 Å². The van der Waals surface area contributed by atoms with Crippen LogP contribution in [0.5, 0.6) is 0 Å². The normalized spacial score (nSPS) is 39.6. The van der Waals surface area contributed by atoms with Gasteiger partial charge >= 0.3 is 0 Å². The van der Waals surface area contributed by atoms with Crippen molar-refractivity contribution in [1.29, 1.82) is 0 Å². The number of carbonyl (C=O) groups is 1. The first-order chi connectivity index (χ1) is 7.66. The van der Waals surface area contributed by atoms with Gasteiger partial charge in [0.05, 0.1) is 0 Å². The smallest absolute Gasteiger partial charge is 0.223 e. The third-order valence-corrected chi connectivity index (χ3v) is 4.32. The number of rotatable bonds is 2. The van der Waals surface area contributed by atoms with E-state index in [-0.39, 0.29) is 5.92 Å². The highest BCUT2D eigenvalue weighted by Gasteiger charge is 2.31. The van der Waals surface area contributed by atoms with Crippen molar-refractivity contribution in [3.63, 3.8) is 0 Å². The third kappa shape index (κ3) is 2.76. The molecule has 0 aromatic rings. The van der Waals surface area contributed by atoms with Crippen molar-refractivity contribution in [2.24, 2.45) is 17.6 Å². The lowest BCUT2D eigenvalue weighted by molar-refractivity contribution is -0.126. The standard InChI is InChI=1S/C13H24N2O/c1-9-3-2-4-12(9)13(16)15-11-7-5-10(14)6-8-11/h9-12H,2-8,14H2,1H3,(H,15,16). The van der Waals surface area contributed by atoms with Gasteiger partial charge in [0, 0.05) is 18.0 Å². The minimum atomic E-state index is 0.274. The minimum Gasteiger partial charge on any atom is -0.353 e. The molecular weight excluding hydrogens is 200 g/mol. The van der Waals surface area contributed by atoms with Crippen molar-refractivity contribution in [3.8, 4) is 0 Å². The SMILES string of the molecule is CC1CCCC1C(=O)NC1CCC(N)CC1. The van der Waals surface area contributed by atoms with E-state index in [1.165, 1.54) is 12.8 Å². The van der Waals surface area contributed by atoms with E-state index in [1.807, 2.05) is 0 Å². The van der Waals surface area contributed by atoms with Crippen LogP contribution in [0.4, 0.5) is 0 Å². The Hall–Kier alpha value is -0.570. The van der Waals surface area contributed by atoms with Gasteiger partial charge in [-0.3, -0.25) is 4.79 Å².